The fourth-order valence-corrected chi connectivity index (χ4v) is 3.03. The van der Waals surface area contributed by atoms with Crippen molar-refractivity contribution in [2.24, 2.45) is 11.7 Å². The Bertz CT molecular complexity index is 433. The third-order valence-electron chi connectivity index (χ3n) is 4.27. The molecule has 0 bridgehead atoms. The minimum Gasteiger partial charge on any atom is -0.382 e. The Balaban J connectivity index is 2.09. The highest BCUT2D eigenvalue weighted by Crippen LogP contribution is 2.32. The van der Waals surface area contributed by atoms with E-state index in [2.05, 4.69) is 0 Å². The molecule has 2 aliphatic heterocycles. The summed E-state index contributed by atoms with van der Waals surface area (Å²) in [5.41, 5.74) is 4.48. The van der Waals surface area contributed by atoms with Gasteiger partial charge in [0.1, 0.15) is 5.54 Å². The van der Waals surface area contributed by atoms with Gasteiger partial charge in [-0.2, -0.15) is 0 Å². The van der Waals surface area contributed by atoms with E-state index < -0.39 is 11.4 Å². The number of hydrogen-bond donors (Lipinski definition) is 1. The number of carbonyl (C=O) groups excluding carboxylic acids is 3. The Hall–Kier alpha value is -1.63. The Morgan fingerprint density at radius 1 is 1.35 bits per heavy atom. The molecule has 112 valence electrons. The number of nitrogens with zero attached hydrogens (tertiary/aromatic N) is 2. The van der Waals surface area contributed by atoms with Crippen molar-refractivity contribution in [2.45, 2.75) is 25.3 Å². The van der Waals surface area contributed by atoms with Crippen LogP contribution in [0.15, 0.2) is 0 Å². The van der Waals surface area contributed by atoms with Crippen LogP contribution in [0.3, 0.4) is 0 Å². The van der Waals surface area contributed by atoms with Crippen molar-refractivity contribution >= 4 is 17.7 Å². The lowest BCUT2D eigenvalue weighted by atomic mass is 9.92. The monoisotopic (exact) mass is 283 g/mol. The maximum absolute atomic E-state index is 12.5. The molecule has 0 aromatic rings. The molecule has 1 atom stereocenters. The van der Waals surface area contributed by atoms with Gasteiger partial charge in [-0.3, -0.25) is 14.4 Å². The number of amides is 3. The summed E-state index contributed by atoms with van der Waals surface area (Å²) >= 11 is 0. The second kappa shape index (κ2) is 5.40. The van der Waals surface area contributed by atoms with E-state index in [1.54, 1.807) is 9.80 Å². The first kappa shape index (κ1) is 14.8. The molecule has 0 aromatic carbocycles. The van der Waals surface area contributed by atoms with Crippen LogP contribution in [0.25, 0.3) is 0 Å². The molecule has 0 radical (unpaired) electrons. The first-order valence-corrected chi connectivity index (χ1v) is 6.78. The third-order valence-corrected chi connectivity index (χ3v) is 4.27. The molecule has 2 N–H and O–H groups in total. The number of ether oxygens (including phenoxy) is 1. The van der Waals surface area contributed by atoms with Crippen LogP contribution in [-0.2, 0) is 19.1 Å². The van der Waals surface area contributed by atoms with Crippen LogP contribution in [0, 0.1) is 5.92 Å². The predicted octanol–water partition coefficient (Wildman–Crippen LogP) is -1.04. The molecule has 1 unspecified atom stereocenters. The lowest BCUT2D eigenvalue weighted by molar-refractivity contribution is -0.156. The second-order valence-electron chi connectivity index (χ2n) is 5.54. The smallest absolute Gasteiger partial charge is 0.245 e. The number of primary amides is 1. The Morgan fingerprint density at radius 2 is 2.00 bits per heavy atom. The van der Waals surface area contributed by atoms with E-state index in [1.807, 2.05) is 0 Å². The van der Waals surface area contributed by atoms with E-state index in [9.17, 15) is 14.4 Å². The molecule has 2 rings (SSSR count). The Labute approximate surface area is 118 Å². The average molecular weight is 283 g/mol. The molecule has 0 aromatic heterocycles. The van der Waals surface area contributed by atoms with Gasteiger partial charge in [0.25, 0.3) is 0 Å². The summed E-state index contributed by atoms with van der Waals surface area (Å²) in [6, 6.07) is 0. The van der Waals surface area contributed by atoms with Gasteiger partial charge >= 0.3 is 0 Å². The summed E-state index contributed by atoms with van der Waals surface area (Å²) < 4.78 is 5.10. The molecule has 7 heteroatoms. The molecule has 2 saturated heterocycles. The van der Waals surface area contributed by atoms with Crippen molar-refractivity contribution in [1.29, 1.82) is 0 Å². The minimum absolute atomic E-state index is 0.0338. The first-order chi connectivity index (χ1) is 9.42. The molecule has 0 spiro atoms. The Morgan fingerprint density at radius 3 is 2.50 bits per heavy atom. The molecule has 2 fully saturated rings. The van der Waals surface area contributed by atoms with E-state index in [-0.39, 0.29) is 24.3 Å². The minimum atomic E-state index is -1.03. The molecule has 7 nitrogen and oxygen atoms in total. The standard InChI is InChI=1S/C13H21N3O4/c1-9(17)15-6-10(7-15)11(18)16-5-3-4-13(16,8-20-2)12(14)19/h10H,3-8H2,1-2H3,(H2,14,19). The van der Waals surface area contributed by atoms with Crippen LogP contribution in [0.2, 0.25) is 0 Å². The Kier molecular flexibility index (Phi) is 3.99. The summed E-state index contributed by atoms with van der Waals surface area (Å²) in [5.74, 6) is -0.884. The van der Waals surface area contributed by atoms with Gasteiger partial charge in [-0.15, -0.1) is 0 Å². The fraction of sp³-hybridized carbons (Fsp3) is 0.769. The van der Waals surface area contributed by atoms with Crippen LogP contribution in [-0.4, -0.2) is 66.4 Å². The average Bonchev–Trinajstić information content (AvgIpc) is 2.71. The molecular weight excluding hydrogens is 262 g/mol. The van der Waals surface area contributed by atoms with Crippen molar-refractivity contribution in [3.05, 3.63) is 0 Å². The van der Waals surface area contributed by atoms with Crippen molar-refractivity contribution in [3.63, 3.8) is 0 Å². The molecule has 20 heavy (non-hydrogen) atoms. The summed E-state index contributed by atoms with van der Waals surface area (Å²) in [6.45, 7) is 2.97. The van der Waals surface area contributed by atoms with Gasteiger partial charge in [0.05, 0.1) is 12.5 Å². The van der Waals surface area contributed by atoms with E-state index in [0.717, 1.165) is 6.42 Å². The molecule has 2 heterocycles. The second-order valence-corrected chi connectivity index (χ2v) is 5.54. The van der Waals surface area contributed by atoms with Crippen molar-refractivity contribution < 1.29 is 19.1 Å². The first-order valence-electron chi connectivity index (χ1n) is 6.78. The number of carbonyl (C=O) groups is 3. The maximum atomic E-state index is 12.5. The van der Waals surface area contributed by atoms with Gasteiger partial charge < -0.3 is 20.3 Å². The number of rotatable bonds is 4. The topological polar surface area (TPSA) is 92.9 Å². The van der Waals surface area contributed by atoms with E-state index in [4.69, 9.17) is 10.5 Å². The van der Waals surface area contributed by atoms with Crippen molar-refractivity contribution in [2.75, 3.05) is 33.4 Å². The van der Waals surface area contributed by atoms with Gasteiger partial charge in [0, 0.05) is 33.7 Å². The summed E-state index contributed by atoms with van der Waals surface area (Å²) in [6.07, 6.45) is 1.27. The largest absolute Gasteiger partial charge is 0.382 e. The van der Waals surface area contributed by atoms with Crippen LogP contribution in [0.5, 0.6) is 0 Å². The van der Waals surface area contributed by atoms with Gasteiger partial charge in [0.15, 0.2) is 0 Å². The third kappa shape index (κ3) is 2.26. The van der Waals surface area contributed by atoms with E-state index in [0.29, 0.717) is 26.1 Å². The highest BCUT2D eigenvalue weighted by Gasteiger charge is 2.51. The number of methoxy groups -OCH3 is 1. The van der Waals surface area contributed by atoms with Crippen LogP contribution in [0.4, 0.5) is 0 Å². The highest BCUT2D eigenvalue weighted by molar-refractivity contribution is 5.93. The van der Waals surface area contributed by atoms with Crippen LogP contribution in [0.1, 0.15) is 19.8 Å². The number of hydrogen-bond acceptors (Lipinski definition) is 4. The van der Waals surface area contributed by atoms with Gasteiger partial charge in [-0.1, -0.05) is 0 Å². The van der Waals surface area contributed by atoms with E-state index in [1.165, 1.54) is 14.0 Å². The fourth-order valence-electron chi connectivity index (χ4n) is 3.03. The lowest BCUT2D eigenvalue weighted by Crippen LogP contribution is -2.63. The summed E-state index contributed by atoms with van der Waals surface area (Å²) in [7, 11) is 1.49. The quantitative estimate of drug-likeness (QED) is 0.713. The zero-order valence-corrected chi connectivity index (χ0v) is 11.9. The molecule has 0 saturated carbocycles. The normalized spacial score (nSPS) is 26.5. The highest BCUT2D eigenvalue weighted by atomic mass is 16.5. The lowest BCUT2D eigenvalue weighted by Gasteiger charge is -2.43. The van der Waals surface area contributed by atoms with Gasteiger partial charge in [-0.25, -0.2) is 0 Å². The van der Waals surface area contributed by atoms with Gasteiger partial charge in [0.2, 0.25) is 17.7 Å². The number of likely N-dealkylation sites (tertiary alicyclic amines) is 2. The van der Waals surface area contributed by atoms with Crippen molar-refractivity contribution in [1.82, 2.24) is 9.80 Å². The van der Waals surface area contributed by atoms with Gasteiger partial charge in [-0.05, 0) is 12.8 Å². The predicted molar refractivity (Wildman–Crippen MR) is 70.5 cm³/mol. The summed E-state index contributed by atoms with van der Waals surface area (Å²) in [5, 5.41) is 0. The zero-order chi connectivity index (χ0) is 14.9. The zero-order valence-electron chi connectivity index (χ0n) is 11.9. The SMILES string of the molecule is COCC1(C(N)=O)CCCN1C(=O)C1CN(C(C)=O)C1. The van der Waals surface area contributed by atoms with Crippen LogP contribution < -0.4 is 5.73 Å². The molecule has 0 aliphatic carbocycles. The molecule has 3 amide bonds. The summed E-state index contributed by atoms with van der Waals surface area (Å²) in [4.78, 5) is 38.7. The van der Waals surface area contributed by atoms with Crippen LogP contribution >= 0.6 is 0 Å². The van der Waals surface area contributed by atoms with Crippen molar-refractivity contribution in [3.8, 4) is 0 Å². The maximum Gasteiger partial charge on any atom is 0.245 e. The molecule has 2 aliphatic rings. The van der Waals surface area contributed by atoms with E-state index >= 15 is 0 Å². The molecular formula is C13H21N3O4. The number of nitrogens with two attached hydrogens (primary N) is 1.